The number of nitrogens with one attached hydrogen (secondary N) is 2. The molecule has 162 valence electrons. The zero-order chi connectivity index (χ0) is 22.3. The molecular weight excluding hydrogens is 442 g/mol. The summed E-state index contributed by atoms with van der Waals surface area (Å²) in [5.41, 5.74) is 2.59. The molecule has 2 N–H and O–H groups in total. The molecule has 1 aliphatic rings. The van der Waals surface area contributed by atoms with E-state index < -0.39 is 16.8 Å². The van der Waals surface area contributed by atoms with Crippen LogP contribution >= 0.6 is 23.4 Å². The van der Waals surface area contributed by atoms with Crippen molar-refractivity contribution in [2.75, 3.05) is 30.5 Å². The topological polar surface area (TPSA) is 78.5 Å². The molecule has 1 aromatic carbocycles. The number of carbonyl (C=O) groups excluding carboxylic acids is 2. The van der Waals surface area contributed by atoms with E-state index in [9.17, 15) is 13.8 Å². The number of halogens is 1. The standard InChI is InChI=1S/C21H26ClN3O3S2/c1-14(20(23-3)29-15(2)22)9-10-19(26)24-17-13-16-7-5-6-8-18(16)25(21(17)27)11-12-30(4)28/h5-10,17,23H,2,11-13H2,1,3-4H3,(H,24,26)/b10-9+,20-14+. The van der Waals surface area contributed by atoms with Gasteiger partial charge >= 0.3 is 0 Å². The molecule has 1 aromatic rings. The highest BCUT2D eigenvalue weighted by Crippen LogP contribution is 2.28. The second kappa shape index (κ2) is 11.4. The molecule has 6 nitrogen and oxygen atoms in total. The summed E-state index contributed by atoms with van der Waals surface area (Å²) in [4.78, 5) is 27.1. The van der Waals surface area contributed by atoms with Crippen molar-refractivity contribution in [1.29, 1.82) is 0 Å². The van der Waals surface area contributed by atoms with Crippen molar-refractivity contribution in [1.82, 2.24) is 10.6 Å². The lowest BCUT2D eigenvalue weighted by Gasteiger charge is -2.34. The van der Waals surface area contributed by atoms with Gasteiger partial charge in [0.15, 0.2) is 0 Å². The Kier molecular flexibility index (Phi) is 9.20. The van der Waals surface area contributed by atoms with E-state index in [0.29, 0.717) is 23.1 Å². The van der Waals surface area contributed by atoms with Gasteiger partial charge in [-0.3, -0.25) is 13.8 Å². The van der Waals surface area contributed by atoms with Crippen LogP contribution < -0.4 is 15.5 Å². The van der Waals surface area contributed by atoms with Crippen LogP contribution in [0.4, 0.5) is 5.69 Å². The van der Waals surface area contributed by atoms with Gasteiger partial charge in [-0.2, -0.15) is 0 Å². The van der Waals surface area contributed by atoms with Gasteiger partial charge in [0.2, 0.25) is 11.8 Å². The molecular formula is C21H26ClN3O3S2. The molecule has 9 heteroatoms. The number of fused-ring (bicyclic) bond motifs is 1. The fourth-order valence-corrected chi connectivity index (χ4v) is 4.28. The number of rotatable bonds is 9. The third kappa shape index (κ3) is 6.75. The number of hydrogen-bond acceptors (Lipinski definition) is 5. The van der Waals surface area contributed by atoms with E-state index in [1.54, 1.807) is 24.3 Å². The lowest BCUT2D eigenvalue weighted by molar-refractivity contribution is -0.125. The van der Waals surface area contributed by atoms with E-state index in [1.165, 1.54) is 17.8 Å². The molecule has 2 amide bonds. The van der Waals surface area contributed by atoms with E-state index in [1.807, 2.05) is 31.2 Å². The molecule has 2 rings (SSSR count). The number of thioether (sulfide) groups is 1. The molecule has 0 bridgehead atoms. The summed E-state index contributed by atoms with van der Waals surface area (Å²) in [5, 5.41) is 6.59. The molecule has 2 atom stereocenters. The van der Waals surface area contributed by atoms with Crippen molar-refractivity contribution in [2.45, 2.75) is 19.4 Å². The van der Waals surface area contributed by atoms with Gasteiger partial charge in [-0.1, -0.05) is 54.2 Å². The van der Waals surface area contributed by atoms with Crippen LogP contribution in [0.25, 0.3) is 0 Å². The number of amides is 2. The Labute approximate surface area is 189 Å². The molecule has 1 heterocycles. The molecule has 30 heavy (non-hydrogen) atoms. The molecule has 2 unspecified atom stereocenters. The number of hydrogen-bond donors (Lipinski definition) is 2. The molecule has 0 fully saturated rings. The van der Waals surface area contributed by atoms with Gasteiger partial charge in [0.1, 0.15) is 6.04 Å². The molecule has 0 radical (unpaired) electrons. The maximum absolute atomic E-state index is 13.0. The fraction of sp³-hybridized carbons (Fsp3) is 0.333. The normalized spacial score (nSPS) is 17.9. The summed E-state index contributed by atoms with van der Waals surface area (Å²) in [6.07, 6.45) is 5.08. The zero-order valence-electron chi connectivity index (χ0n) is 17.2. The van der Waals surface area contributed by atoms with Crippen LogP contribution in [0.5, 0.6) is 0 Å². The lowest BCUT2D eigenvalue weighted by Crippen LogP contribution is -2.53. The fourth-order valence-electron chi connectivity index (χ4n) is 3.06. The van der Waals surface area contributed by atoms with Crippen LogP contribution in [-0.2, 0) is 26.8 Å². The summed E-state index contributed by atoms with van der Waals surface area (Å²) < 4.78 is 11.9. The lowest BCUT2D eigenvalue weighted by atomic mass is 9.97. The largest absolute Gasteiger partial charge is 0.382 e. The number of carbonyl (C=O) groups is 2. The van der Waals surface area contributed by atoms with Crippen LogP contribution in [-0.4, -0.2) is 47.7 Å². The van der Waals surface area contributed by atoms with E-state index >= 15 is 0 Å². The van der Waals surface area contributed by atoms with Crippen LogP contribution in [0.2, 0.25) is 0 Å². The summed E-state index contributed by atoms with van der Waals surface area (Å²) >= 11 is 7.10. The summed E-state index contributed by atoms with van der Waals surface area (Å²) in [6.45, 7) is 5.83. The molecule has 0 saturated carbocycles. The first-order valence-electron chi connectivity index (χ1n) is 9.31. The summed E-state index contributed by atoms with van der Waals surface area (Å²) in [7, 11) is 0.739. The predicted molar refractivity (Wildman–Crippen MR) is 127 cm³/mol. The number of para-hydroxylation sites is 1. The van der Waals surface area contributed by atoms with Crippen molar-refractivity contribution >= 4 is 51.7 Å². The Hall–Kier alpha value is -2.03. The Balaban J connectivity index is 2.14. The molecule has 1 aliphatic heterocycles. The quantitative estimate of drug-likeness (QED) is 0.431. The Morgan fingerprint density at radius 3 is 2.73 bits per heavy atom. The smallest absolute Gasteiger partial charge is 0.249 e. The predicted octanol–water partition coefficient (Wildman–Crippen LogP) is 2.89. The van der Waals surface area contributed by atoms with Crippen molar-refractivity contribution in [3.05, 3.63) is 63.5 Å². The number of nitrogens with zero attached hydrogens (tertiary/aromatic N) is 1. The molecule has 0 spiro atoms. The van der Waals surface area contributed by atoms with Crippen molar-refractivity contribution in [3.8, 4) is 0 Å². The van der Waals surface area contributed by atoms with Gasteiger partial charge in [0, 0.05) is 54.6 Å². The monoisotopic (exact) mass is 467 g/mol. The van der Waals surface area contributed by atoms with Gasteiger partial charge < -0.3 is 15.5 Å². The van der Waals surface area contributed by atoms with Crippen LogP contribution in [0.3, 0.4) is 0 Å². The minimum Gasteiger partial charge on any atom is -0.382 e. The summed E-state index contributed by atoms with van der Waals surface area (Å²) in [6, 6.07) is 6.91. The van der Waals surface area contributed by atoms with Crippen LogP contribution in [0, 0.1) is 0 Å². The van der Waals surface area contributed by atoms with Crippen molar-refractivity contribution < 1.29 is 13.8 Å². The third-order valence-corrected chi connectivity index (χ3v) is 6.41. The summed E-state index contributed by atoms with van der Waals surface area (Å²) in [5.74, 6) is -0.185. The van der Waals surface area contributed by atoms with Gasteiger partial charge in [-0.15, -0.1) is 0 Å². The highest BCUT2D eigenvalue weighted by Gasteiger charge is 2.33. The highest BCUT2D eigenvalue weighted by atomic mass is 35.5. The minimum atomic E-state index is -1.02. The SMILES string of the molecule is C=C(Cl)S/C(NC)=C(C)/C=C/C(=O)NC1Cc2ccccc2N(CCS(C)=O)C1=O. The first-order valence-corrected chi connectivity index (χ1v) is 12.2. The average molecular weight is 468 g/mol. The zero-order valence-corrected chi connectivity index (χ0v) is 19.6. The van der Waals surface area contributed by atoms with Crippen molar-refractivity contribution in [3.63, 3.8) is 0 Å². The average Bonchev–Trinajstić information content (AvgIpc) is 2.70. The molecule has 0 aliphatic carbocycles. The maximum atomic E-state index is 13.0. The Morgan fingerprint density at radius 1 is 1.40 bits per heavy atom. The van der Waals surface area contributed by atoms with Crippen LogP contribution in [0.1, 0.15) is 12.5 Å². The van der Waals surface area contributed by atoms with Gasteiger partial charge in [-0.05, 0) is 24.1 Å². The minimum absolute atomic E-state index is 0.196. The Morgan fingerprint density at radius 2 is 2.10 bits per heavy atom. The number of benzene rings is 1. The first kappa shape index (κ1) is 24.2. The number of allylic oxidation sites excluding steroid dienone is 2. The Bertz CT molecular complexity index is 915. The van der Waals surface area contributed by atoms with E-state index in [4.69, 9.17) is 11.6 Å². The van der Waals surface area contributed by atoms with Gasteiger partial charge in [0.05, 0.1) is 9.39 Å². The van der Waals surface area contributed by atoms with Crippen LogP contribution in [0.15, 0.2) is 58.0 Å². The van der Waals surface area contributed by atoms with Gasteiger partial charge in [0.25, 0.3) is 0 Å². The van der Waals surface area contributed by atoms with E-state index in [2.05, 4.69) is 17.2 Å². The second-order valence-electron chi connectivity index (χ2n) is 6.71. The first-order chi connectivity index (χ1) is 14.2. The molecule has 0 aromatic heterocycles. The van der Waals surface area contributed by atoms with Gasteiger partial charge in [-0.25, -0.2) is 0 Å². The highest BCUT2D eigenvalue weighted by molar-refractivity contribution is 8.08. The molecule has 0 saturated heterocycles. The second-order valence-corrected chi connectivity index (χ2v) is 10.1. The van der Waals surface area contributed by atoms with Crippen molar-refractivity contribution in [2.24, 2.45) is 0 Å². The number of anilines is 1. The van der Waals surface area contributed by atoms with E-state index in [0.717, 1.165) is 21.9 Å². The maximum Gasteiger partial charge on any atom is 0.249 e. The third-order valence-electron chi connectivity index (χ3n) is 4.47. The van der Waals surface area contributed by atoms with E-state index in [-0.39, 0.29) is 11.8 Å².